The van der Waals surface area contributed by atoms with Crippen LogP contribution in [0.4, 0.5) is 5.95 Å². The second kappa shape index (κ2) is 17.8. The largest absolute Gasteiger partial charge is 0.392 e. The number of aliphatic hydroxyl groups excluding tert-OH is 1. The molecule has 2 amide bonds. The molecule has 3 aromatic rings. The molecule has 252 valence electrons. The average molecular weight is 647 g/mol. The van der Waals surface area contributed by atoms with Crippen molar-refractivity contribution in [2.45, 2.75) is 76.6 Å². The van der Waals surface area contributed by atoms with Gasteiger partial charge in [-0.3, -0.25) is 19.7 Å². The van der Waals surface area contributed by atoms with E-state index in [1.54, 1.807) is 17.9 Å². The SMILES string of the molecule is O=C(CCCCCCC(=O)NCc1ccc(C2OC(CN3CCN(c4ncccn4)CC3)CC(c3ccc(CO)cc3)O2)cc1)NO. The van der Waals surface area contributed by atoms with E-state index in [0.29, 0.717) is 19.4 Å². The summed E-state index contributed by atoms with van der Waals surface area (Å²) in [6.07, 6.45) is 7.40. The lowest BCUT2D eigenvalue weighted by Crippen LogP contribution is -2.50. The normalized spacial score (nSPS) is 20.1. The van der Waals surface area contributed by atoms with E-state index in [-0.39, 0.29) is 37.0 Å². The Kier molecular flexibility index (Phi) is 13.0. The van der Waals surface area contributed by atoms with Gasteiger partial charge < -0.3 is 24.8 Å². The Hall–Kier alpha value is -3.94. The van der Waals surface area contributed by atoms with E-state index in [9.17, 15) is 14.7 Å². The third-order valence-electron chi connectivity index (χ3n) is 8.71. The number of piperazine rings is 1. The van der Waals surface area contributed by atoms with Crippen LogP contribution < -0.4 is 15.7 Å². The van der Waals surface area contributed by atoms with E-state index < -0.39 is 6.29 Å². The number of aliphatic hydroxyl groups is 1. The minimum atomic E-state index is -0.539. The Labute approximate surface area is 276 Å². The first-order valence-electron chi connectivity index (χ1n) is 16.5. The number of benzene rings is 2. The van der Waals surface area contributed by atoms with Gasteiger partial charge in [-0.2, -0.15) is 0 Å². The van der Waals surface area contributed by atoms with Crippen LogP contribution in [0.2, 0.25) is 0 Å². The predicted octanol–water partition coefficient (Wildman–Crippen LogP) is 3.80. The van der Waals surface area contributed by atoms with Crippen LogP contribution in [0.3, 0.4) is 0 Å². The van der Waals surface area contributed by atoms with Crippen LogP contribution in [-0.2, 0) is 32.2 Å². The molecule has 0 bridgehead atoms. The van der Waals surface area contributed by atoms with Gasteiger partial charge in [-0.1, -0.05) is 61.4 Å². The molecule has 12 heteroatoms. The lowest BCUT2D eigenvalue weighted by molar-refractivity contribution is -0.253. The molecular formula is C35H46N6O6. The Morgan fingerprint density at radius 1 is 0.809 bits per heavy atom. The molecule has 2 aliphatic rings. The van der Waals surface area contributed by atoms with Crippen LogP contribution in [0.15, 0.2) is 67.0 Å². The van der Waals surface area contributed by atoms with Crippen LogP contribution in [0, 0.1) is 0 Å². The highest BCUT2D eigenvalue weighted by Crippen LogP contribution is 2.38. The van der Waals surface area contributed by atoms with E-state index in [2.05, 4.69) is 25.1 Å². The smallest absolute Gasteiger partial charge is 0.243 e. The molecular weight excluding hydrogens is 600 g/mol. The molecule has 12 nitrogen and oxygen atoms in total. The number of amides is 2. The monoisotopic (exact) mass is 646 g/mol. The fraction of sp³-hybridized carbons (Fsp3) is 0.486. The van der Waals surface area contributed by atoms with Crippen molar-refractivity contribution in [3.8, 4) is 0 Å². The molecule has 1 aromatic heterocycles. The molecule has 0 saturated carbocycles. The summed E-state index contributed by atoms with van der Waals surface area (Å²) in [5.74, 6) is 0.382. The molecule has 2 aliphatic heterocycles. The molecule has 0 radical (unpaired) electrons. The summed E-state index contributed by atoms with van der Waals surface area (Å²) in [6.45, 7) is 4.71. The highest BCUT2D eigenvalue weighted by molar-refractivity contribution is 5.75. The zero-order valence-electron chi connectivity index (χ0n) is 26.8. The zero-order valence-corrected chi connectivity index (χ0v) is 26.8. The number of rotatable bonds is 15. The van der Waals surface area contributed by atoms with E-state index >= 15 is 0 Å². The van der Waals surface area contributed by atoms with E-state index in [1.165, 1.54) is 0 Å². The minimum Gasteiger partial charge on any atom is -0.392 e. The first-order valence-corrected chi connectivity index (χ1v) is 16.5. The zero-order chi connectivity index (χ0) is 32.8. The van der Waals surface area contributed by atoms with Crippen LogP contribution in [0.25, 0.3) is 0 Å². The molecule has 4 N–H and O–H groups in total. The number of carbonyl (C=O) groups excluding carboxylic acids is 2. The van der Waals surface area contributed by atoms with Gasteiger partial charge in [0.15, 0.2) is 6.29 Å². The van der Waals surface area contributed by atoms with Crippen molar-refractivity contribution in [3.63, 3.8) is 0 Å². The molecule has 2 aromatic carbocycles. The molecule has 3 unspecified atom stereocenters. The van der Waals surface area contributed by atoms with Crippen LogP contribution in [0.1, 0.15) is 79.6 Å². The molecule has 5 rings (SSSR count). The first-order chi connectivity index (χ1) is 23.0. The summed E-state index contributed by atoms with van der Waals surface area (Å²) < 4.78 is 13.1. The Balaban J connectivity index is 1.14. The van der Waals surface area contributed by atoms with Crippen LogP contribution >= 0.6 is 0 Å². The van der Waals surface area contributed by atoms with Gasteiger partial charge in [-0.25, -0.2) is 15.4 Å². The summed E-state index contributed by atoms with van der Waals surface area (Å²) in [6, 6.07) is 17.7. The van der Waals surface area contributed by atoms with Gasteiger partial charge in [0, 0.05) is 76.5 Å². The minimum absolute atomic E-state index is 0.000356. The number of nitrogens with one attached hydrogen (secondary N) is 2. The third-order valence-corrected chi connectivity index (χ3v) is 8.71. The van der Waals surface area contributed by atoms with E-state index in [1.807, 2.05) is 54.6 Å². The van der Waals surface area contributed by atoms with Gasteiger partial charge in [0.25, 0.3) is 0 Å². The molecule has 0 aliphatic carbocycles. The summed E-state index contributed by atoms with van der Waals surface area (Å²) in [5, 5.41) is 21.0. The number of nitrogens with zero attached hydrogens (tertiary/aromatic N) is 4. The fourth-order valence-electron chi connectivity index (χ4n) is 5.97. The lowest BCUT2D eigenvalue weighted by atomic mass is 9.99. The second-order valence-corrected chi connectivity index (χ2v) is 12.2. The maximum absolute atomic E-state index is 12.3. The number of unbranched alkanes of at least 4 members (excludes halogenated alkanes) is 3. The third kappa shape index (κ3) is 10.5. The van der Waals surface area contributed by atoms with Gasteiger partial charge in [-0.05, 0) is 35.6 Å². The Morgan fingerprint density at radius 3 is 2.11 bits per heavy atom. The number of hydrogen-bond acceptors (Lipinski definition) is 10. The van der Waals surface area contributed by atoms with Gasteiger partial charge >= 0.3 is 0 Å². The average Bonchev–Trinajstić information content (AvgIpc) is 3.13. The lowest BCUT2D eigenvalue weighted by Gasteiger charge is -2.40. The second-order valence-electron chi connectivity index (χ2n) is 12.2. The molecule has 2 fully saturated rings. The Bertz CT molecular complexity index is 1390. The molecule has 47 heavy (non-hydrogen) atoms. The molecule has 3 atom stereocenters. The first kappa shape index (κ1) is 34.4. The summed E-state index contributed by atoms with van der Waals surface area (Å²) in [7, 11) is 0. The maximum Gasteiger partial charge on any atom is 0.243 e. The maximum atomic E-state index is 12.3. The Morgan fingerprint density at radius 2 is 1.45 bits per heavy atom. The van der Waals surface area contributed by atoms with Crippen LogP contribution in [-0.4, -0.2) is 75.8 Å². The predicted molar refractivity (Wildman–Crippen MR) is 175 cm³/mol. The number of carbonyl (C=O) groups is 2. The number of anilines is 1. The number of aromatic nitrogens is 2. The van der Waals surface area contributed by atoms with Crippen molar-refractivity contribution in [2.75, 3.05) is 37.6 Å². The molecule has 2 saturated heterocycles. The van der Waals surface area contributed by atoms with Crippen molar-refractivity contribution < 1.29 is 29.4 Å². The van der Waals surface area contributed by atoms with Crippen molar-refractivity contribution in [1.82, 2.24) is 25.7 Å². The number of hydrogen-bond donors (Lipinski definition) is 4. The highest BCUT2D eigenvalue weighted by Gasteiger charge is 2.34. The summed E-state index contributed by atoms with van der Waals surface area (Å²) >= 11 is 0. The summed E-state index contributed by atoms with van der Waals surface area (Å²) in [4.78, 5) is 36.8. The highest BCUT2D eigenvalue weighted by atomic mass is 16.7. The van der Waals surface area contributed by atoms with Gasteiger partial charge in [0.2, 0.25) is 17.8 Å². The molecule has 0 spiro atoms. The van der Waals surface area contributed by atoms with Gasteiger partial charge in [0.05, 0.1) is 18.8 Å². The van der Waals surface area contributed by atoms with Crippen molar-refractivity contribution in [1.29, 1.82) is 0 Å². The number of ether oxygens (including phenoxy) is 2. The molecule has 3 heterocycles. The van der Waals surface area contributed by atoms with E-state index in [4.69, 9.17) is 14.7 Å². The van der Waals surface area contributed by atoms with Crippen molar-refractivity contribution in [3.05, 3.63) is 89.2 Å². The van der Waals surface area contributed by atoms with E-state index in [0.717, 1.165) is 86.6 Å². The quantitative estimate of drug-likeness (QED) is 0.109. The van der Waals surface area contributed by atoms with Gasteiger partial charge in [0.1, 0.15) is 0 Å². The van der Waals surface area contributed by atoms with Gasteiger partial charge in [-0.15, -0.1) is 0 Å². The van der Waals surface area contributed by atoms with Crippen molar-refractivity contribution in [2.24, 2.45) is 0 Å². The van der Waals surface area contributed by atoms with Crippen molar-refractivity contribution >= 4 is 17.8 Å². The standard InChI is InChI=1S/C35H46N6O6/c42-25-27-10-12-28(13-11-27)31-22-30(24-40-18-20-41(21-19-40)35-36-16-5-17-37-35)46-34(47-31)29-14-8-26(9-15-29)23-38-32(43)6-3-1-2-4-7-33(44)39-45/h5,8-17,30-31,34,42,45H,1-4,6-7,18-25H2,(H,38,43)(H,39,44). The number of hydroxylamine groups is 1. The summed E-state index contributed by atoms with van der Waals surface area (Å²) in [5.41, 5.74) is 5.46. The van der Waals surface area contributed by atoms with Crippen LogP contribution in [0.5, 0.6) is 0 Å². The fourth-order valence-corrected chi connectivity index (χ4v) is 5.97. The topological polar surface area (TPSA) is 149 Å².